The number of hydrogen-bond acceptors (Lipinski definition) is 4. The van der Waals surface area contributed by atoms with Gasteiger partial charge in [-0.2, -0.15) is 0 Å². The molecule has 0 N–H and O–H groups in total. The van der Waals surface area contributed by atoms with Gasteiger partial charge in [-0.1, -0.05) is 30.3 Å². The number of rotatable bonds is 3. The van der Waals surface area contributed by atoms with Crippen molar-refractivity contribution in [1.82, 2.24) is 14.8 Å². The Balaban J connectivity index is 0.00000144. The van der Waals surface area contributed by atoms with Gasteiger partial charge >= 0.3 is 18.9 Å². The third kappa shape index (κ3) is 2.96. The van der Waals surface area contributed by atoms with Gasteiger partial charge in [0.25, 0.3) is 0 Å². The van der Waals surface area contributed by atoms with Crippen molar-refractivity contribution in [2.24, 2.45) is 0 Å². The van der Waals surface area contributed by atoms with E-state index in [1.807, 2.05) is 37.3 Å². The van der Waals surface area contributed by atoms with Crippen LogP contribution < -0.4 is 24.0 Å². The van der Waals surface area contributed by atoms with E-state index in [1.54, 1.807) is 0 Å². The zero-order valence-corrected chi connectivity index (χ0v) is 9.70. The van der Waals surface area contributed by atoms with Crippen LogP contribution in [0.15, 0.2) is 36.7 Å². The van der Waals surface area contributed by atoms with E-state index in [4.69, 9.17) is 0 Å². The molecule has 0 aliphatic rings. The van der Waals surface area contributed by atoms with Crippen LogP contribution in [0.1, 0.15) is 29.1 Å². The Bertz CT molecular complexity index is 498. The average molecular weight is 223 g/mol. The van der Waals surface area contributed by atoms with Gasteiger partial charge in [-0.25, -0.2) is 9.67 Å². The van der Waals surface area contributed by atoms with E-state index in [2.05, 4.69) is 10.1 Å². The molecule has 0 radical (unpaired) electrons. The molecule has 1 unspecified atom stereocenters. The first-order chi connectivity index (χ1) is 7.68. The van der Waals surface area contributed by atoms with Gasteiger partial charge in [-0.3, -0.25) is 0 Å². The van der Waals surface area contributed by atoms with Crippen molar-refractivity contribution in [2.45, 2.75) is 13.0 Å². The van der Waals surface area contributed by atoms with E-state index >= 15 is 0 Å². The van der Waals surface area contributed by atoms with Crippen LogP contribution in [0.5, 0.6) is 0 Å². The molecule has 0 aliphatic carbocycles. The predicted molar refractivity (Wildman–Crippen MR) is 54.6 cm³/mol. The monoisotopic (exact) mass is 223 g/mol. The van der Waals surface area contributed by atoms with Gasteiger partial charge < -0.3 is 9.90 Å². The van der Waals surface area contributed by atoms with Gasteiger partial charge in [-0.05, 0) is 12.5 Å². The Morgan fingerprint density at radius 1 is 1.35 bits per heavy atom. The molecule has 0 spiro atoms. The van der Waals surface area contributed by atoms with Gasteiger partial charge in [0.1, 0.15) is 12.3 Å². The van der Waals surface area contributed by atoms with E-state index in [0.717, 1.165) is 5.56 Å². The van der Waals surface area contributed by atoms with Crippen molar-refractivity contribution in [1.29, 1.82) is 0 Å². The average Bonchev–Trinajstić information content (AvgIpc) is 2.78. The summed E-state index contributed by atoms with van der Waals surface area (Å²) >= 11 is 0. The Hall–Kier alpha value is -1.57. The van der Waals surface area contributed by atoms with Crippen LogP contribution in [0.4, 0.5) is 0 Å². The van der Waals surface area contributed by atoms with Gasteiger partial charge in [-0.15, -0.1) is 5.10 Å². The van der Waals surface area contributed by atoms with Gasteiger partial charge in [0, 0.05) is 0 Å². The predicted octanol–water partition coefficient (Wildman–Crippen LogP) is -2.75. The first kappa shape index (κ1) is 13.5. The molecule has 17 heavy (non-hydrogen) atoms. The summed E-state index contributed by atoms with van der Waals surface area (Å²) in [6.07, 6.45) is 1.39. The SMILES string of the molecule is CC(c1ccccc1)n1cnc(C(=O)[O-])n1.[Li+]. The van der Waals surface area contributed by atoms with Gasteiger partial charge in [0.15, 0.2) is 5.82 Å². The minimum Gasteiger partial charge on any atom is -0.541 e. The van der Waals surface area contributed by atoms with Crippen LogP contribution in [0, 0.1) is 0 Å². The Labute approximate surface area is 111 Å². The number of nitrogens with zero attached hydrogens (tertiary/aromatic N) is 3. The molecule has 0 bridgehead atoms. The molecule has 0 amide bonds. The smallest absolute Gasteiger partial charge is 0.541 e. The van der Waals surface area contributed by atoms with Crippen LogP contribution >= 0.6 is 0 Å². The molecular weight excluding hydrogens is 213 g/mol. The third-order valence-corrected chi connectivity index (χ3v) is 2.37. The fraction of sp³-hybridized carbons (Fsp3) is 0.182. The van der Waals surface area contributed by atoms with Crippen LogP contribution in [0.3, 0.4) is 0 Å². The molecular formula is C11H10LiN3O2. The number of aromatic carboxylic acids is 1. The minimum atomic E-state index is -1.36. The van der Waals surface area contributed by atoms with Gasteiger partial charge in [0.2, 0.25) is 0 Å². The Morgan fingerprint density at radius 2 is 2.00 bits per heavy atom. The summed E-state index contributed by atoms with van der Waals surface area (Å²) in [6, 6.07) is 9.60. The van der Waals surface area contributed by atoms with E-state index in [0.29, 0.717) is 0 Å². The molecule has 2 aromatic rings. The van der Waals surface area contributed by atoms with E-state index in [-0.39, 0.29) is 30.7 Å². The molecule has 1 heterocycles. The molecule has 1 atom stereocenters. The topological polar surface area (TPSA) is 70.8 Å². The number of benzene rings is 1. The molecule has 0 saturated carbocycles. The molecule has 0 fully saturated rings. The second-order valence-electron chi connectivity index (χ2n) is 3.42. The zero-order valence-electron chi connectivity index (χ0n) is 9.70. The largest absolute Gasteiger partial charge is 1.00 e. The quantitative estimate of drug-likeness (QED) is 0.529. The number of carbonyl (C=O) groups excluding carboxylic acids is 1. The molecule has 2 rings (SSSR count). The second-order valence-corrected chi connectivity index (χ2v) is 3.42. The van der Waals surface area contributed by atoms with Crippen molar-refractivity contribution in [3.8, 4) is 0 Å². The van der Waals surface area contributed by atoms with E-state index in [9.17, 15) is 9.90 Å². The fourth-order valence-electron chi connectivity index (χ4n) is 1.44. The van der Waals surface area contributed by atoms with Crippen molar-refractivity contribution < 1.29 is 28.8 Å². The van der Waals surface area contributed by atoms with Crippen LogP contribution in [0.25, 0.3) is 0 Å². The zero-order chi connectivity index (χ0) is 11.5. The molecule has 82 valence electrons. The minimum absolute atomic E-state index is 0. The summed E-state index contributed by atoms with van der Waals surface area (Å²) in [7, 11) is 0. The molecule has 5 nitrogen and oxygen atoms in total. The van der Waals surface area contributed by atoms with Gasteiger partial charge in [0.05, 0.1) is 6.04 Å². The number of carboxylic acids is 1. The summed E-state index contributed by atoms with van der Waals surface area (Å²) < 4.78 is 1.50. The molecule has 0 aliphatic heterocycles. The Morgan fingerprint density at radius 3 is 2.53 bits per heavy atom. The molecule has 6 heteroatoms. The number of carboxylic acid groups (broad SMARTS) is 1. The summed E-state index contributed by atoms with van der Waals surface area (Å²) in [4.78, 5) is 14.2. The maximum absolute atomic E-state index is 10.5. The molecule has 1 aromatic carbocycles. The fourth-order valence-corrected chi connectivity index (χ4v) is 1.44. The van der Waals surface area contributed by atoms with Crippen LogP contribution in [-0.4, -0.2) is 20.7 Å². The van der Waals surface area contributed by atoms with Crippen molar-refractivity contribution in [3.05, 3.63) is 48.0 Å². The summed E-state index contributed by atoms with van der Waals surface area (Å²) in [6.45, 7) is 1.92. The van der Waals surface area contributed by atoms with E-state index < -0.39 is 5.97 Å². The summed E-state index contributed by atoms with van der Waals surface area (Å²) in [5, 5.41) is 14.4. The Kier molecular flexibility index (Phi) is 4.50. The van der Waals surface area contributed by atoms with Crippen LogP contribution in [-0.2, 0) is 0 Å². The molecule has 0 saturated heterocycles. The normalized spacial score (nSPS) is 11.6. The maximum atomic E-state index is 10.5. The van der Waals surface area contributed by atoms with Crippen molar-refractivity contribution in [3.63, 3.8) is 0 Å². The number of hydrogen-bond donors (Lipinski definition) is 0. The van der Waals surface area contributed by atoms with Crippen LogP contribution in [0.2, 0.25) is 0 Å². The first-order valence-electron chi connectivity index (χ1n) is 4.86. The maximum Gasteiger partial charge on any atom is 1.00 e. The van der Waals surface area contributed by atoms with Crippen molar-refractivity contribution >= 4 is 5.97 Å². The summed E-state index contributed by atoms with van der Waals surface area (Å²) in [5.41, 5.74) is 1.04. The summed E-state index contributed by atoms with van der Waals surface area (Å²) in [5.74, 6) is -1.65. The number of carbonyl (C=O) groups is 1. The van der Waals surface area contributed by atoms with E-state index in [1.165, 1.54) is 11.0 Å². The molecule has 1 aromatic heterocycles. The first-order valence-corrected chi connectivity index (χ1v) is 4.86. The third-order valence-electron chi connectivity index (χ3n) is 2.37. The standard InChI is InChI=1S/C11H11N3O2.Li/c1-8(9-5-3-2-4-6-9)14-7-12-10(13-14)11(15)16;/h2-8H,1H3,(H,15,16);/q;+1/p-1. The van der Waals surface area contributed by atoms with Crippen molar-refractivity contribution in [2.75, 3.05) is 0 Å². The number of aromatic nitrogens is 3. The second kappa shape index (κ2) is 5.67.